The largest absolute Gasteiger partial charge is 0.416 e. The first-order valence-electron chi connectivity index (χ1n) is 14.3. The molecule has 0 radical (unpaired) electrons. The number of ether oxygens (including phenoxy) is 1. The Morgan fingerprint density at radius 3 is 2.61 bits per heavy atom. The first-order valence-corrected chi connectivity index (χ1v) is 17.6. The maximum absolute atomic E-state index is 11.7. The zero-order chi connectivity index (χ0) is 29.6. The molecule has 0 fully saturated rings. The molecule has 0 saturated heterocycles. The van der Waals surface area contributed by atoms with Crippen LogP contribution in [-0.4, -0.2) is 42.4 Å². The van der Waals surface area contributed by atoms with E-state index >= 15 is 0 Å². The van der Waals surface area contributed by atoms with E-state index in [2.05, 4.69) is 79.3 Å². The fourth-order valence-corrected chi connectivity index (χ4v) is 5.88. The molecule has 4 rings (SSSR count). The summed E-state index contributed by atoms with van der Waals surface area (Å²) in [5, 5.41) is 2.11. The smallest absolute Gasteiger partial charge is 0.266 e. The summed E-state index contributed by atoms with van der Waals surface area (Å²) in [5.41, 5.74) is 10.4. The molecule has 0 aliphatic carbocycles. The van der Waals surface area contributed by atoms with Gasteiger partial charge in [0.1, 0.15) is 11.5 Å². The fraction of sp³-hybridized carbons (Fsp3) is 0.438. The quantitative estimate of drug-likeness (QED) is 0.104. The Morgan fingerprint density at radius 1 is 1.12 bits per heavy atom. The highest BCUT2D eigenvalue weighted by atomic mass is 35.5. The SMILES string of the molecule is CC(C)(C)[Si](C)(C)OC[C@H](CCc1c[nH]c2ccc(COCCCc3ccccc3Cl)cc12)c1ncc(C(N)=O)[nH]1. The van der Waals surface area contributed by atoms with E-state index in [0.29, 0.717) is 25.5 Å². The Balaban J connectivity index is 1.40. The van der Waals surface area contributed by atoms with Crippen molar-refractivity contribution in [2.24, 2.45) is 5.73 Å². The number of nitrogens with one attached hydrogen (secondary N) is 2. The van der Waals surface area contributed by atoms with Gasteiger partial charge < -0.3 is 24.9 Å². The van der Waals surface area contributed by atoms with Gasteiger partial charge in [-0.3, -0.25) is 4.79 Å². The molecule has 0 unspecified atom stereocenters. The predicted molar refractivity (Wildman–Crippen MR) is 169 cm³/mol. The second-order valence-corrected chi connectivity index (χ2v) is 17.5. The van der Waals surface area contributed by atoms with Crippen LogP contribution in [0.1, 0.15) is 72.5 Å². The van der Waals surface area contributed by atoms with E-state index in [4.69, 9.17) is 26.5 Å². The highest BCUT2D eigenvalue weighted by molar-refractivity contribution is 6.74. The lowest BCUT2D eigenvalue weighted by Crippen LogP contribution is -2.41. The number of nitrogens with two attached hydrogens (primary N) is 1. The number of carbonyl (C=O) groups is 1. The Morgan fingerprint density at radius 2 is 1.90 bits per heavy atom. The molecule has 1 atom stereocenters. The fourth-order valence-electron chi connectivity index (χ4n) is 4.60. The molecular weight excluding hydrogens is 552 g/mol. The molecule has 2 aromatic heterocycles. The molecule has 0 saturated carbocycles. The minimum atomic E-state index is -1.96. The van der Waals surface area contributed by atoms with Crippen LogP contribution in [0.4, 0.5) is 0 Å². The van der Waals surface area contributed by atoms with Gasteiger partial charge in [0.05, 0.1) is 12.8 Å². The number of halogens is 1. The van der Waals surface area contributed by atoms with Gasteiger partial charge in [0.2, 0.25) is 0 Å². The monoisotopic (exact) mass is 594 g/mol. The van der Waals surface area contributed by atoms with Crippen LogP contribution in [0.5, 0.6) is 0 Å². The number of hydrogen-bond acceptors (Lipinski definition) is 4. The molecule has 41 heavy (non-hydrogen) atoms. The van der Waals surface area contributed by atoms with Gasteiger partial charge in [-0.1, -0.05) is 56.6 Å². The number of nitrogens with zero attached hydrogens (tertiary/aromatic N) is 1. The molecule has 2 heterocycles. The van der Waals surface area contributed by atoms with E-state index in [1.807, 2.05) is 18.2 Å². The summed E-state index contributed by atoms with van der Waals surface area (Å²) in [5.74, 6) is 0.234. The van der Waals surface area contributed by atoms with Crippen molar-refractivity contribution in [3.8, 4) is 0 Å². The lowest BCUT2D eigenvalue weighted by atomic mass is 9.98. The Bertz CT molecular complexity index is 1460. The van der Waals surface area contributed by atoms with Crippen LogP contribution in [0.25, 0.3) is 10.9 Å². The van der Waals surface area contributed by atoms with Crippen LogP contribution in [0.15, 0.2) is 54.9 Å². The number of fused-ring (bicyclic) bond motifs is 1. The molecule has 0 aliphatic rings. The van der Waals surface area contributed by atoms with Gasteiger partial charge >= 0.3 is 0 Å². The Hall–Kier alpha value is -2.91. The van der Waals surface area contributed by atoms with Gasteiger partial charge in [0.25, 0.3) is 5.91 Å². The highest BCUT2D eigenvalue weighted by Crippen LogP contribution is 2.37. The maximum atomic E-state index is 11.7. The molecule has 7 nitrogen and oxygen atoms in total. The van der Waals surface area contributed by atoms with E-state index in [-0.39, 0.29) is 11.0 Å². The van der Waals surface area contributed by atoms with Crippen molar-refractivity contribution in [1.82, 2.24) is 15.0 Å². The number of rotatable bonds is 14. The first kappa shape index (κ1) is 31.0. The second kappa shape index (κ2) is 13.4. The number of hydrogen-bond donors (Lipinski definition) is 3. The van der Waals surface area contributed by atoms with Crippen LogP contribution >= 0.6 is 11.6 Å². The predicted octanol–water partition coefficient (Wildman–Crippen LogP) is 7.53. The average molecular weight is 595 g/mol. The number of aromatic amines is 2. The number of primary amides is 1. The van der Waals surface area contributed by atoms with Crippen LogP contribution in [-0.2, 0) is 28.6 Å². The molecule has 220 valence electrons. The third-order valence-corrected chi connectivity index (χ3v) is 13.1. The Labute approximate surface area is 249 Å². The lowest BCUT2D eigenvalue weighted by molar-refractivity contribution is 0.0995. The minimum Gasteiger partial charge on any atom is -0.416 e. The van der Waals surface area contributed by atoms with Crippen LogP contribution in [0.2, 0.25) is 23.2 Å². The second-order valence-electron chi connectivity index (χ2n) is 12.3. The van der Waals surface area contributed by atoms with Gasteiger partial charge in [-0.2, -0.15) is 0 Å². The zero-order valence-electron chi connectivity index (χ0n) is 24.9. The number of aromatic nitrogens is 3. The van der Waals surface area contributed by atoms with E-state index in [1.54, 1.807) is 0 Å². The first-order chi connectivity index (χ1) is 19.4. The van der Waals surface area contributed by atoms with Crippen molar-refractivity contribution in [3.05, 3.63) is 88.1 Å². The molecule has 2 aromatic carbocycles. The molecule has 0 aliphatic heterocycles. The maximum Gasteiger partial charge on any atom is 0.266 e. The number of carbonyl (C=O) groups excluding carboxylic acids is 1. The number of H-pyrrole nitrogens is 2. The van der Waals surface area contributed by atoms with Crippen molar-refractivity contribution < 1.29 is 14.0 Å². The summed E-state index contributed by atoms with van der Waals surface area (Å²) in [6.07, 6.45) is 7.07. The molecule has 0 spiro atoms. The molecule has 1 amide bonds. The van der Waals surface area contributed by atoms with Crippen LogP contribution in [0.3, 0.4) is 0 Å². The molecule has 4 N–H and O–H groups in total. The van der Waals surface area contributed by atoms with E-state index in [1.165, 1.54) is 17.1 Å². The third kappa shape index (κ3) is 8.10. The van der Waals surface area contributed by atoms with Gasteiger partial charge in [0.15, 0.2) is 8.32 Å². The number of imidazole rings is 1. The summed E-state index contributed by atoms with van der Waals surface area (Å²) in [7, 11) is -1.96. The molecule has 4 aromatic rings. The summed E-state index contributed by atoms with van der Waals surface area (Å²) in [6, 6.07) is 14.4. The average Bonchev–Trinajstić information content (AvgIpc) is 3.57. The van der Waals surface area contributed by atoms with Gasteiger partial charge in [-0.25, -0.2) is 4.98 Å². The van der Waals surface area contributed by atoms with Crippen molar-refractivity contribution in [2.45, 2.75) is 77.1 Å². The van der Waals surface area contributed by atoms with Gasteiger partial charge in [-0.05, 0) is 78.7 Å². The van der Waals surface area contributed by atoms with Crippen molar-refractivity contribution in [2.75, 3.05) is 13.2 Å². The van der Waals surface area contributed by atoms with E-state index in [0.717, 1.165) is 53.2 Å². The third-order valence-electron chi connectivity index (χ3n) is 8.25. The Kier molecular flexibility index (Phi) is 10.1. The van der Waals surface area contributed by atoms with Gasteiger partial charge in [-0.15, -0.1) is 0 Å². The van der Waals surface area contributed by atoms with Crippen molar-refractivity contribution in [3.63, 3.8) is 0 Å². The van der Waals surface area contributed by atoms with Gasteiger partial charge in [0, 0.05) is 41.3 Å². The number of aryl methyl sites for hydroxylation is 2. The van der Waals surface area contributed by atoms with E-state index in [9.17, 15) is 4.79 Å². The standard InChI is InChI=1S/C32H43ClN4O3Si/c1-32(2,3)41(4,5)40-21-25(31-36-19-29(37-31)30(34)38)14-13-24-18-35-28-15-12-22(17-26(24)28)20-39-16-8-10-23-9-6-7-11-27(23)33/h6-7,9,11-12,15,17-19,25,35H,8,10,13-14,16,20-21H2,1-5H3,(H2,34,38)(H,36,37)/t25-/m0/s1. The van der Waals surface area contributed by atoms with Crippen LogP contribution < -0.4 is 5.73 Å². The zero-order valence-corrected chi connectivity index (χ0v) is 26.6. The molecular formula is C32H43ClN4O3Si. The van der Waals surface area contributed by atoms with Crippen molar-refractivity contribution in [1.29, 1.82) is 0 Å². The topological polar surface area (TPSA) is 106 Å². The summed E-state index contributed by atoms with van der Waals surface area (Å²) in [4.78, 5) is 22.7. The summed E-state index contributed by atoms with van der Waals surface area (Å²) in [6.45, 7) is 13.0. The number of amides is 1. The molecule has 9 heteroatoms. The normalized spacial score (nSPS) is 13.1. The summed E-state index contributed by atoms with van der Waals surface area (Å²) >= 11 is 6.27. The lowest BCUT2D eigenvalue weighted by Gasteiger charge is -2.37. The summed E-state index contributed by atoms with van der Waals surface area (Å²) < 4.78 is 12.6. The van der Waals surface area contributed by atoms with Crippen molar-refractivity contribution >= 4 is 36.7 Å². The minimum absolute atomic E-state index is 0.00630. The van der Waals surface area contributed by atoms with Crippen LogP contribution in [0, 0.1) is 0 Å². The van der Waals surface area contributed by atoms with E-state index < -0.39 is 14.2 Å². The highest BCUT2D eigenvalue weighted by Gasteiger charge is 2.38. The molecule has 0 bridgehead atoms. The number of benzene rings is 2.